The predicted octanol–water partition coefficient (Wildman–Crippen LogP) is 3.26. The quantitative estimate of drug-likeness (QED) is 0.735. The van der Waals surface area contributed by atoms with Crippen LogP contribution in [0, 0.1) is 0 Å². The Morgan fingerprint density at radius 1 is 1.23 bits per heavy atom. The van der Waals surface area contributed by atoms with Gasteiger partial charge in [0.25, 0.3) is 0 Å². The lowest BCUT2D eigenvalue weighted by Gasteiger charge is -2.05. The highest BCUT2D eigenvalue weighted by Gasteiger charge is 1.99. The van der Waals surface area contributed by atoms with E-state index in [9.17, 15) is 4.79 Å². The van der Waals surface area contributed by atoms with E-state index in [0.717, 1.165) is 16.1 Å². The summed E-state index contributed by atoms with van der Waals surface area (Å²) in [4.78, 5) is 12.8. The lowest BCUT2D eigenvalue weighted by atomic mass is 10.2. The summed E-state index contributed by atoms with van der Waals surface area (Å²) < 4.78 is 1.80. The van der Waals surface area contributed by atoms with Crippen molar-refractivity contribution in [2.75, 3.05) is 0 Å². The van der Waals surface area contributed by atoms with Crippen molar-refractivity contribution in [1.82, 2.24) is 15.1 Å². The second kappa shape index (κ2) is 6.87. The molecule has 0 bridgehead atoms. The van der Waals surface area contributed by atoms with Gasteiger partial charge in [0.1, 0.15) is 0 Å². The van der Waals surface area contributed by atoms with Crippen LogP contribution < -0.4 is 5.32 Å². The van der Waals surface area contributed by atoms with Crippen LogP contribution >= 0.6 is 11.3 Å². The van der Waals surface area contributed by atoms with Crippen LogP contribution in [0.25, 0.3) is 11.8 Å². The lowest BCUT2D eigenvalue weighted by molar-refractivity contribution is -0.116. The highest BCUT2D eigenvalue weighted by molar-refractivity contribution is 7.10. The van der Waals surface area contributed by atoms with Gasteiger partial charge in [0.2, 0.25) is 5.91 Å². The smallest absolute Gasteiger partial charge is 0.244 e. The number of aromatic nitrogens is 2. The molecule has 0 atom stereocenters. The third kappa shape index (κ3) is 3.71. The second-order valence-corrected chi connectivity index (χ2v) is 5.66. The Kier molecular flexibility index (Phi) is 4.46. The number of rotatable bonds is 5. The van der Waals surface area contributed by atoms with E-state index in [2.05, 4.69) is 10.4 Å². The predicted molar refractivity (Wildman–Crippen MR) is 88.8 cm³/mol. The largest absolute Gasteiger partial charge is 0.348 e. The van der Waals surface area contributed by atoms with Gasteiger partial charge >= 0.3 is 0 Å². The molecule has 0 unspecified atom stereocenters. The minimum absolute atomic E-state index is 0.0930. The molecule has 0 spiro atoms. The number of nitrogens with one attached hydrogen (secondary N) is 1. The zero-order chi connectivity index (χ0) is 15.2. The molecule has 0 radical (unpaired) electrons. The Hall–Kier alpha value is -2.66. The molecule has 5 heteroatoms. The maximum Gasteiger partial charge on any atom is 0.244 e. The number of hydrogen-bond donors (Lipinski definition) is 1. The number of hydrogen-bond acceptors (Lipinski definition) is 3. The van der Waals surface area contributed by atoms with Crippen molar-refractivity contribution in [3.8, 4) is 5.69 Å². The zero-order valence-corrected chi connectivity index (χ0v) is 12.7. The molecular weight excluding hydrogens is 294 g/mol. The summed E-state index contributed by atoms with van der Waals surface area (Å²) in [6, 6.07) is 13.8. The fraction of sp³-hybridized carbons (Fsp3) is 0.0588. The normalized spacial score (nSPS) is 10.9. The molecule has 0 aliphatic rings. The first-order chi connectivity index (χ1) is 10.8. The summed E-state index contributed by atoms with van der Waals surface area (Å²) in [6.07, 6.45) is 7.02. The summed E-state index contributed by atoms with van der Waals surface area (Å²) in [5.74, 6) is -0.0930. The maximum atomic E-state index is 11.8. The molecule has 0 saturated carbocycles. The molecule has 1 N–H and O–H groups in total. The molecule has 0 aliphatic carbocycles. The Morgan fingerprint density at radius 3 is 2.77 bits per heavy atom. The average Bonchev–Trinajstić information content (AvgIpc) is 3.24. The minimum atomic E-state index is -0.0930. The van der Waals surface area contributed by atoms with Gasteiger partial charge in [-0.05, 0) is 41.3 Å². The van der Waals surface area contributed by atoms with E-state index in [1.165, 1.54) is 0 Å². The third-order valence-electron chi connectivity index (χ3n) is 3.11. The van der Waals surface area contributed by atoms with Crippen LogP contribution in [0.2, 0.25) is 0 Å². The van der Waals surface area contributed by atoms with E-state index in [1.54, 1.807) is 28.3 Å². The Morgan fingerprint density at radius 2 is 2.09 bits per heavy atom. The van der Waals surface area contributed by atoms with E-state index in [4.69, 9.17) is 0 Å². The molecule has 4 nitrogen and oxygen atoms in total. The van der Waals surface area contributed by atoms with Crippen molar-refractivity contribution in [2.45, 2.75) is 6.54 Å². The van der Waals surface area contributed by atoms with Crippen molar-refractivity contribution in [3.05, 3.63) is 76.8 Å². The molecule has 1 aromatic carbocycles. The first-order valence-corrected chi connectivity index (χ1v) is 7.77. The van der Waals surface area contributed by atoms with Crippen LogP contribution in [0.3, 0.4) is 0 Å². The van der Waals surface area contributed by atoms with Crippen molar-refractivity contribution in [1.29, 1.82) is 0 Å². The van der Waals surface area contributed by atoms with E-state index < -0.39 is 0 Å². The van der Waals surface area contributed by atoms with Gasteiger partial charge in [-0.25, -0.2) is 4.68 Å². The first-order valence-electron chi connectivity index (χ1n) is 6.90. The highest BCUT2D eigenvalue weighted by Crippen LogP contribution is 2.10. The number of carbonyl (C=O) groups is 1. The molecule has 110 valence electrons. The van der Waals surface area contributed by atoms with Gasteiger partial charge in [-0.2, -0.15) is 5.10 Å². The first kappa shape index (κ1) is 14.3. The second-order valence-electron chi connectivity index (χ2n) is 4.68. The van der Waals surface area contributed by atoms with E-state index in [-0.39, 0.29) is 5.91 Å². The number of benzene rings is 1. The number of thiophene rings is 1. The van der Waals surface area contributed by atoms with E-state index >= 15 is 0 Å². The Bertz CT molecular complexity index is 744. The lowest BCUT2D eigenvalue weighted by Crippen LogP contribution is -2.20. The number of amides is 1. The summed E-state index contributed by atoms with van der Waals surface area (Å²) in [7, 11) is 0. The monoisotopic (exact) mass is 309 g/mol. The molecule has 1 amide bonds. The van der Waals surface area contributed by atoms with Gasteiger partial charge in [-0.15, -0.1) is 11.3 Å². The van der Waals surface area contributed by atoms with Crippen molar-refractivity contribution >= 4 is 23.3 Å². The fourth-order valence-corrected chi connectivity index (χ4v) is 2.60. The van der Waals surface area contributed by atoms with Gasteiger partial charge in [0.15, 0.2) is 0 Å². The van der Waals surface area contributed by atoms with Crippen LogP contribution in [0.5, 0.6) is 0 Å². The molecule has 0 fully saturated rings. The van der Waals surface area contributed by atoms with Crippen LogP contribution in [0.4, 0.5) is 0 Å². The van der Waals surface area contributed by atoms with Gasteiger partial charge < -0.3 is 5.32 Å². The fourth-order valence-electron chi connectivity index (χ4n) is 1.98. The Balaban J connectivity index is 1.54. The highest BCUT2D eigenvalue weighted by atomic mass is 32.1. The van der Waals surface area contributed by atoms with E-state index in [0.29, 0.717) is 6.54 Å². The molecule has 3 rings (SSSR count). The number of nitrogens with zero attached hydrogens (tertiary/aromatic N) is 2. The van der Waals surface area contributed by atoms with Crippen LogP contribution in [0.15, 0.2) is 66.3 Å². The standard InChI is InChI=1S/C17H15N3OS/c21-17(9-8-16-3-1-12-22-16)18-13-14-4-6-15(7-5-14)20-11-2-10-19-20/h1-12H,13H2,(H,18,21). The topological polar surface area (TPSA) is 46.9 Å². The van der Waals surface area contributed by atoms with E-state index in [1.807, 2.05) is 60.1 Å². The van der Waals surface area contributed by atoms with Gasteiger partial charge in [0, 0.05) is 29.9 Å². The van der Waals surface area contributed by atoms with Crippen LogP contribution in [0.1, 0.15) is 10.4 Å². The number of carbonyl (C=O) groups excluding carboxylic acids is 1. The average molecular weight is 309 g/mol. The third-order valence-corrected chi connectivity index (χ3v) is 3.95. The molecule has 2 aromatic heterocycles. The molecule has 0 saturated heterocycles. The van der Waals surface area contributed by atoms with Crippen LogP contribution in [-0.2, 0) is 11.3 Å². The summed E-state index contributed by atoms with van der Waals surface area (Å²) in [5, 5.41) is 9.03. The van der Waals surface area contributed by atoms with Gasteiger partial charge in [-0.1, -0.05) is 18.2 Å². The summed E-state index contributed by atoms with van der Waals surface area (Å²) in [5.41, 5.74) is 2.05. The SMILES string of the molecule is O=C(C=Cc1cccs1)NCc1ccc(-n2cccn2)cc1. The Labute approximate surface area is 132 Å². The van der Waals surface area contributed by atoms with Crippen molar-refractivity contribution in [3.63, 3.8) is 0 Å². The van der Waals surface area contributed by atoms with Crippen molar-refractivity contribution < 1.29 is 4.79 Å². The van der Waals surface area contributed by atoms with Crippen LogP contribution in [-0.4, -0.2) is 15.7 Å². The molecular formula is C17H15N3OS. The van der Waals surface area contributed by atoms with Crippen molar-refractivity contribution in [2.24, 2.45) is 0 Å². The summed E-state index contributed by atoms with van der Waals surface area (Å²) >= 11 is 1.60. The van der Waals surface area contributed by atoms with Gasteiger partial charge in [0.05, 0.1) is 5.69 Å². The molecule has 0 aliphatic heterocycles. The molecule has 2 heterocycles. The van der Waals surface area contributed by atoms with Gasteiger partial charge in [-0.3, -0.25) is 4.79 Å². The molecule has 3 aromatic rings. The minimum Gasteiger partial charge on any atom is -0.348 e. The molecule has 22 heavy (non-hydrogen) atoms. The maximum absolute atomic E-state index is 11.8. The zero-order valence-electron chi connectivity index (χ0n) is 11.8. The summed E-state index contributed by atoms with van der Waals surface area (Å²) in [6.45, 7) is 0.507.